The van der Waals surface area contributed by atoms with Gasteiger partial charge in [-0.15, -0.1) is 0 Å². The van der Waals surface area contributed by atoms with Crippen LogP contribution in [0.25, 0.3) is 10.8 Å². The van der Waals surface area contributed by atoms with Gasteiger partial charge in [-0.05, 0) is 30.3 Å². The van der Waals surface area contributed by atoms with Gasteiger partial charge in [-0.3, -0.25) is 4.98 Å². The van der Waals surface area contributed by atoms with E-state index in [0.29, 0.717) is 0 Å². The first kappa shape index (κ1) is 14.0. The van der Waals surface area contributed by atoms with Crippen LogP contribution in [0, 0.1) is 0 Å². The fraction of sp³-hybridized carbons (Fsp3) is 0.438. The van der Waals surface area contributed by atoms with Crippen LogP contribution in [0.1, 0.15) is 25.3 Å². The summed E-state index contributed by atoms with van der Waals surface area (Å²) in [4.78, 5) is 4.29. The standard InChI is InChI=1S/C16H22N2O/c1-2-9-19-10-5-8-17-12-15-13-18-11-14-6-3-4-7-16(14)15/h3-4,6-7,11,13,17H,2,5,8-10,12H2,1H3. The Morgan fingerprint density at radius 1 is 1.16 bits per heavy atom. The largest absolute Gasteiger partial charge is 0.381 e. The smallest absolute Gasteiger partial charge is 0.0478 e. The van der Waals surface area contributed by atoms with Gasteiger partial charge < -0.3 is 10.1 Å². The quantitative estimate of drug-likeness (QED) is 0.739. The number of pyridine rings is 1. The molecule has 3 heteroatoms. The second-order valence-corrected chi connectivity index (χ2v) is 4.66. The van der Waals surface area contributed by atoms with E-state index in [0.717, 1.165) is 39.1 Å². The maximum absolute atomic E-state index is 5.45. The third-order valence-electron chi connectivity index (χ3n) is 3.06. The summed E-state index contributed by atoms with van der Waals surface area (Å²) in [7, 11) is 0. The molecule has 0 amide bonds. The molecule has 102 valence electrons. The van der Waals surface area contributed by atoms with Gasteiger partial charge in [-0.2, -0.15) is 0 Å². The maximum Gasteiger partial charge on any atom is 0.0478 e. The van der Waals surface area contributed by atoms with E-state index in [1.807, 2.05) is 18.5 Å². The van der Waals surface area contributed by atoms with E-state index in [2.05, 4.69) is 35.4 Å². The molecule has 1 aromatic heterocycles. The number of hydrogen-bond donors (Lipinski definition) is 1. The Bertz CT molecular complexity index is 494. The predicted octanol–water partition coefficient (Wildman–Crippen LogP) is 3.14. The Kier molecular flexibility index (Phi) is 5.79. The third-order valence-corrected chi connectivity index (χ3v) is 3.06. The average molecular weight is 258 g/mol. The van der Waals surface area contributed by atoms with Crippen molar-refractivity contribution in [2.24, 2.45) is 0 Å². The molecule has 0 saturated heterocycles. The summed E-state index contributed by atoms with van der Waals surface area (Å²) < 4.78 is 5.45. The van der Waals surface area contributed by atoms with Crippen LogP contribution in [-0.4, -0.2) is 24.7 Å². The molecule has 0 bridgehead atoms. The molecular weight excluding hydrogens is 236 g/mol. The van der Waals surface area contributed by atoms with Crippen LogP contribution >= 0.6 is 0 Å². The fourth-order valence-electron chi connectivity index (χ4n) is 2.09. The molecule has 0 unspecified atom stereocenters. The molecule has 0 aliphatic rings. The van der Waals surface area contributed by atoms with Crippen molar-refractivity contribution in [1.82, 2.24) is 10.3 Å². The highest BCUT2D eigenvalue weighted by Gasteiger charge is 2.00. The Morgan fingerprint density at radius 2 is 2.05 bits per heavy atom. The summed E-state index contributed by atoms with van der Waals surface area (Å²) in [5.74, 6) is 0. The molecule has 0 atom stereocenters. The molecule has 3 nitrogen and oxygen atoms in total. The van der Waals surface area contributed by atoms with Crippen LogP contribution in [-0.2, 0) is 11.3 Å². The summed E-state index contributed by atoms with van der Waals surface area (Å²) in [6.45, 7) is 5.68. The monoisotopic (exact) mass is 258 g/mol. The van der Waals surface area contributed by atoms with Crippen LogP contribution < -0.4 is 5.32 Å². The van der Waals surface area contributed by atoms with Crippen molar-refractivity contribution in [3.63, 3.8) is 0 Å². The van der Waals surface area contributed by atoms with Gasteiger partial charge >= 0.3 is 0 Å². The Balaban J connectivity index is 1.78. The summed E-state index contributed by atoms with van der Waals surface area (Å²) in [6, 6.07) is 8.37. The van der Waals surface area contributed by atoms with Crippen molar-refractivity contribution in [1.29, 1.82) is 0 Å². The van der Waals surface area contributed by atoms with E-state index >= 15 is 0 Å². The summed E-state index contributed by atoms with van der Waals surface area (Å²) in [5, 5.41) is 5.94. The van der Waals surface area contributed by atoms with Crippen molar-refractivity contribution in [3.8, 4) is 0 Å². The SMILES string of the molecule is CCCOCCCNCc1cncc2ccccc12. The highest BCUT2D eigenvalue weighted by Crippen LogP contribution is 2.16. The highest BCUT2D eigenvalue weighted by molar-refractivity contribution is 5.84. The number of nitrogens with zero attached hydrogens (tertiary/aromatic N) is 1. The molecule has 0 saturated carbocycles. The molecule has 1 aromatic carbocycles. The van der Waals surface area contributed by atoms with Crippen LogP contribution in [0.4, 0.5) is 0 Å². The van der Waals surface area contributed by atoms with Crippen molar-refractivity contribution < 1.29 is 4.74 Å². The summed E-state index contributed by atoms with van der Waals surface area (Å²) in [6.07, 6.45) is 6.01. The molecule has 0 spiro atoms. The van der Waals surface area contributed by atoms with Gasteiger partial charge in [0.1, 0.15) is 0 Å². The number of aromatic nitrogens is 1. The minimum Gasteiger partial charge on any atom is -0.381 e. The van der Waals surface area contributed by atoms with Crippen molar-refractivity contribution in [2.75, 3.05) is 19.8 Å². The van der Waals surface area contributed by atoms with Gasteiger partial charge in [0, 0.05) is 37.5 Å². The number of fused-ring (bicyclic) bond motifs is 1. The number of rotatable bonds is 8. The molecule has 0 radical (unpaired) electrons. The molecule has 1 heterocycles. The van der Waals surface area contributed by atoms with E-state index in [9.17, 15) is 0 Å². The van der Waals surface area contributed by atoms with Crippen LogP contribution in [0.2, 0.25) is 0 Å². The first-order valence-electron chi connectivity index (χ1n) is 7.02. The lowest BCUT2D eigenvalue weighted by molar-refractivity contribution is 0.132. The topological polar surface area (TPSA) is 34.1 Å². The summed E-state index contributed by atoms with van der Waals surface area (Å²) >= 11 is 0. The lowest BCUT2D eigenvalue weighted by Crippen LogP contribution is -2.16. The van der Waals surface area contributed by atoms with Crippen molar-refractivity contribution in [2.45, 2.75) is 26.3 Å². The van der Waals surface area contributed by atoms with Crippen LogP contribution in [0.15, 0.2) is 36.7 Å². The van der Waals surface area contributed by atoms with Gasteiger partial charge in [0.25, 0.3) is 0 Å². The second kappa shape index (κ2) is 7.87. The second-order valence-electron chi connectivity index (χ2n) is 4.66. The van der Waals surface area contributed by atoms with Gasteiger partial charge in [0.15, 0.2) is 0 Å². The highest BCUT2D eigenvalue weighted by atomic mass is 16.5. The zero-order valence-electron chi connectivity index (χ0n) is 11.6. The number of ether oxygens (including phenoxy) is 1. The molecule has 0 aliphatic carbocycles. The molecule has 19 heavy (non-hydrogen) atoms. The Morgan fingerprint density at radius 3 is 2.95 bits per heavy atom. The Hall–Kier alpha value is -1.45. The van der Waals surface area contributed by atoms with Gasteiger partial charge in [0.05, 0.1) is 0 Å². The van der Waals surface area contributed by atoms with E-state index in [4.69, 9.17) is 4.74 Å². The minimum absolute atomic E-state index is 0.842. The van der Waals surface area contributed by atoms with Crippen molar-refractivity contribution >= 4 is 10.8 Å². The number of nitrogens with one attached hydrogen (secondary N) is 1. The predicted molar refractivity (Wildman–Crippen MR) is 79.2 cm³/mol. The van der Waals surface area contributed by atoms with Crippen LogP contribution in [0.5, 0.6) is 0 Å². The van der Waals surface area contributed by atoms with E-state index in [-0.39, 0.29) is 0 Å². The fourth-order valence-corrected chi connectivity index (χ4v) is 2.09. The molecule has 2 rings (SSSR count). The molecular formula is C16H22N2O. The van der Waals surface area contributed by atoms with Crippen molar-refractivity contribution in [3.05, 3.63) is 42.2 Å². The van der Waals surface area contributed by atoms with Crippen LogP contribution in [0.3, 0.4) is 0 Å². The van der Waals surface area contributed by atoms with Gasteiger partial charge in [-0.25, -0.2) is 0 Å². The van der Waals surface area contributed by atoms with E-state index < -0.39 is 0 Å². The molecule has 1 N–H and O–H groups in total. The maximum atomic E-state index is 5.45. The Labute approximate surface area is 115 Å². The first-order chi connectivity index (χ1) is 9.42. The third kappa shape index (κ3) is 4.30. The van der Waals surface area contributed by atoms with E-state index in [1.165, 1.54) is 16.3 Å². The molecule has 0 aliphatic heterocycles. The lowest BCUT2D eigenvalue weighted by Gasteiger charge is -2.08. The normalized spacial score (nSPS) is 11.0. The minimum atomic E-state index is 0.842. The van der Waals surface area contributed by atoms with Gasteiger partial charge in [-0.1, -0.05) is 31.2 Å². The molecule has 2 aromatic rings. The lowest BCUT2D eigenvalue weighted by atomic mass is 10.1. The summed E-state index contributed by atoms with van der Waals surface area (Å²) in [5.41, 5.74) is 1.26. The first-order valence-corrected chi connectivity index (χ1v) is 7.02. The number of benzene rings is 1. The van der Waals surface area contributed by atoms with Gasteiger partial charge in [0.2, 0.25) is 0 Å². The average Bonchev–Trinajstić information content (AvgIpc) is 2.46. The molecule has 0 fully saturated rings. The zero-order chi connectivity index (χ0) is 13.3. The van der Waals surface area contributed by atoms with E-state index in [1.54, 1.807) is 0 Å². The number of hydrogen-bond acceptors (Lipinski definition) is 3. The zero-order valence-corrected chi connectivity index (χ0v) is 11.6.